The summed E-state index contributed by atoms with van der Waals surface area (Å²) in [7, 11) is 1.74. The van der Waals surface area contributed by atoms with E-state index < -0.39 is 0 Å². The van der Waals surface area contributed by atoms with Gasteiger partial charge in [-0.1, -0.05) is 13.8 Å². The Kier molecular flexibility index (Phi) is 5.14. The Labute approximate surface area is 109 Å². The Morgan fingerprint density at radius 1 is 1.44 bits per heavy atom. The molecule has 5 nitrogen and oxygen atoms in total. The number of likely N-dealkylation sites (N-methyl/N-ethyl adjacent to an activating group) is 1. The van der Waals surface area contributed by atoms with Crippen LogP contribution in [0, 0.1) is 11.3 Å². The lowest BCUT2D eigenvalue weighted by atomic mass is 9.75. The lowest BCUT2D eigenvalue weighted by Crippen LogP contribution is -2.48. The maximum Gasteiger partial charge on any atom is 0.241 e. The number of nitrogens with one attached hydrogen (secondary N) is 2. The number of rotatable bonds is 5. The highest BCUT2D eigenvalue weighted by molar-refractivity contribution is 5.88. The van der Waals surface area contributed by atoms with Gasteiger partial charge in [-0.25, -0.2) is 0 Å². The van der Waals surface area contributed by atoms with Gasteiger partial charge in [-0.3, -0.25) is 9.59 Å². The minimum atomic E-state index is -0.356. The molecule has 2 amide bonds. The second-order valence-electron chi connectivity index (χ2n) is 5.33. The van der Waals surface area contributed by atoms with Crippen LogP contribution >= 0.6 is 0 Å². The molecule has 5 heteroatoms. The molecule has 1 heterocycles. The largest absolute Gasteiger partial charge is 0.346 e. The topological polar surface area (TPSA) is 61.4 Å². The Bertz CT molecular complexity index is 309. The SMILES string of the molecule is CCN(C)C(=O)CNC(=O)C1(C(C)C)CCNC1. The normalized spacial score (nSPS) is 23.2. The third-order valence-corrected chi connectivity index (χ3v) is 4.05. The molecule has 18 heavy (non-hydrogen) atoms. The molecule has 0 aliphatic carbocycles. The number of amides is 2. The van der Waals surface area contributed by atoms with Gasteiger partial charge in [-0.15, -0.1) is 0 Å². The van der Waals surface area contributed by atoms with Gasteiger partial charge in [0.15, 0.2) is 0 Å². The van der Waals surface area contributed by atoms with Crippen molar-refractivity contribution in [2.75, 3.05) is 33.2 Å². The molecule has 0 aromatic rings. The van der Waals surface area contributed by atoms with Crippen molar-refractivity contribution in [3.05, 3.63) is 0 Å². The Hall–Kier alpha value is -1.10. The van der Waals surface area contributed by atoms with E-state index in [9.17, 15) is 9.59 Å². The predicted octanol–water partition coefficient (Wildman–Crippen LogP) is 0.217. The molecule has 1 unspecified atom stereocenters. The first kappa shape index (κ1) is 15.0. The van der Waals surface area contributed by atoms with E-state index in [4.69, 9.17) is 0 Å². The number of carbonyl (C=O) groups excluding carboxylic acids is 2. The fourth-order valence-corrected chi connectivity index (χ4v) is 2.30. The van der Waals surface area contributed by atoms with Gasteiger partial charge in [0.2, 0.25) is 11.8 Å². The molecular weight excluding hydrogens is 230 g/mol. The minimum Gasteiger partial charge on any atom is -0.346 e. The molecule has 0 bridgehead atoms. The zero-order chi connectivity index (χ0) is 13.8. The van der Waals surface area contributed by atoms with Gasteiger partial charge in [0.25, 0.3) is 0 Å². The number of nitrogens with zero attached hydrogens (tertiary/aromatic N) is 1. The smallest absolute Gasteiger partial charge is 0.241 e. The first-order valence-corrected chi connectivity index (χ1v) is 6.67. The molecule has 1 rings (SSSR count). The third-order valence-electron chi connectivity index (χ3n) is 4.05. The first-order valence-electron chi connectivity index (χ1n) is 6.67. The van der Waals surface area contributed by atoms with Crippen molar-refractivity contribution >= 4 is 11.8 Å². The van der Waals surface area contributed by atoms with Crippen LogP contribution in [-0.2, 0) is 9.59 Å². The third kappa shape index (κ3) is 3.02. The van der Waals surface area contributed by atoms with Crippen LogP contribution < -0.4 is 10.6 Å². The van der Waals surface area contributed by atoms with Crippen molar-refractivity contribution in [2.45, 2.75) is 27.2 Å². The van der Waals surface area contributed by atoms with Gasteiger partial charge in [0, 0.05) is 20.1 Å². The van der Waals surface area contributed by atoms with Crippen LogP contribution in [0.15, 0.2) is 0 Å². The quantitative estimate of drug-likeness (QED) is 0.738. The van der Waals surface area contributed by atoms with Crippen molar-refractivity contribution in [1.82, 2.24) is 15.5 Å². The highest BCUT2D eigenvalue weighted by Crippen LogP contribution is 2.34. The zero-order valence-electron chi connectivity index (χ0n) is 11.9. The van der Waals surface area contributed by atoms with E-state index in [0.29, 0.717) is 13.1 Å². The van der Waals surface area contributed by atoms with Crippen LogP contribution in [0.2, 0.25) is 0 Å². The van der Waals surface area contributed by atoms with E-state index in [1.165, 1.54) is 0 Å². The van der Waals surface area contributed by atoms with Crippen LogP contribution in [0.1, 0.15) is 27.2 Å². The lowest BCUT2D eigenvalue weighted by molar-refractivity contribution is -0.136. The van der Waals surface area contributed by atoms with Crippen molar-refractivity contribution in [3.63, 3.8) is 0 Å². The molecule has 1 fully saturated rings. The van der Waals surface area contributed by atoms with Crippen molar-refractivity contribution in [1.29, 1.82) is 0 Å². The van der Waals surface area contributed by atoms with Crippen LogP contribution in [-0.4, -0.2) is 49.9 Å². The standard InChI is InChI=1S/C13H25N3O2/c1-5-16(4)11(17)8-15-12(18)13(10(2)3)6-7-14-9-13/h10,14H,5-9H2,1-4H3,(H,15,18). The maximum atomic E-state index is 12.3. The molecule has 0 aromatic heterocycles. The molecule has 1 saturated heterocycles. The van der Waals surface area contributed by atoms with Gasteiger partial charge in [0.1, 0.15) is 0 Å². The van der Waals surface area contributed by atoms with E-state index in [-0.39, 0.29) is 29.7 Å². The van der Waals surface area contributed by atoms with Crippen LogP contribution in [0.5, 0.6) is 0 Å². The van der Waals surface area contributed by atoms with Gasteiger partial charge >= 0.3 is 0 Å². The summed E-state index contributed by atoms with van der Waals surface area (Å²) in [5.74, 6) is 0.225. The van der Waals surface area contributed by atoms with Gasteiger partial charge in [-0.2, -0.15) is 0 Å². The monoisotopic (exact) mass is 255 g/mol. The summed E-state index contributed by atoms with van der Waals surface area (Å²) in [6, 6.07) is 0. The van der Waals surface area contributed by atoms with Gasteiger partial charge in [0.05, 0.1) is 12.0 Å². The van der Waals surface area contributed by atoms with Crippen LogP contribution in [0.4, 0.5) is 0 Å². The average Bonchev–Trinajstić information content (AvgIpc) is 2.84. The summed E-state index contributed by atoms with van der Waals surface area (Å²) in [6.45, 7) is 8.36. The Morgan fingerprint density at radius 2 is 2.11 bits per heavy atom. The zero-order valence-corrected chi connectivity index (χ0v) is 11.9. The van der Waals surface area contributed by atoms with E-state index in [1.54, 1.807) is 11.9 Å². The van der Waals surface area contributed by atoms with Gasteiger partial charge < -0.3 is 15.5 Å². The number of hydrogen-bond acceptors (Lipinski definition) is 3. The molecule has 0 aromatic carbocycles. The second-order valence-corrected chi connectivity index (χ2v) is 5.33. The van der Waals surface area contributed by atoms with Crippen LogP contribution in [0.25, 0.3) is 0 Å². The van der Waals surface area contributed by atoms with Gasteiger partial charge in [-0.05, 0) is 25.8 Å². The fraction of sp³-hybridized carbons (Fsp3) is 0.846. The second kappa shape index (κ2) is 6.18. The van der Waals surface area contributed by atoms with E-state index >= 15 is 0 Å². The van der Waals surface area contributed by atoms with Crippen LogP contribution in [0.3, 0.4) is 0 Å². The molecule has 104 valence electrons. The first-order chi connectivity index (χ1) is 8.44. The lowest BCUT2D eigenvalue weighted by Gasteiger charge is -2.31. The summed E-state index contributed by atoms with van der Waals surface area (Å²) in [6.07, 6.45) is 0.842. The highest BCUT2D eigenvalue weighted by Gasteiger charge is 2.43. The number of carbonyl (C=O) groups is 2. The molecule has 2 N–H and O–H groups in total. The maximum absolute atomic E-state index is 12.3. The summed E-state index contributed by atoms with van der Waals surface area (Å²) >= 11 is 0. The Morgan fingerprint density at radius 3 is 2.56 bits per heavy atom. The molecule has 0 radical (unpaired) electrons. The van der Waals surface area contributed by atoms with E-state index in [1.807, 2.05) is 6.92 Å². The minimum absolute atomic E-state index is 0.000327. The molecule has 0 spiro atoms. The molecule has 1 aliphatic heterocycles. The fourth-order valence-electron chi connectivity index (χ4n) is 2.30. The average molecular weight is 255 g/mol. The molecular formula is C13H25N3O2. The van der Waals surface area contributed by atoms with Crippen molar-refractivity contribution in [2.24, 2.45) is 11.3 Å². The van der Waals surface area contributed by atoms with E-state index in [0.717, 1.165) is 13.0 Å². The summed E-state index contributed by atoms with van der Waals surface area (Å²) in [5, 5.41) is 6.03. The van der Waals surface area contributed by atoms with E-state index in [2.05, 4.69) is 24.5 Å². The van der Waals surface area contributed by atoms with Crippen molar-refractivity contribution in [3.8, 4) is 0 Å². The van der Waals surface area contributed by atoms with Crippen molar-refractivity contribution < 1.29 is 9.59 Å². The molecule has 1 atom stereocenters. The summed E-state index contributed by atoms with van der Waals surface area (Å²) in [4.78, 5) is 25.6. The molecule has 1 aliphatic rings. The highest BCUT2D eigenvalue weighted by atomic mass is 16.2. The molecule has 0 saturated carbocycles. The Balaban J connectivity index is 2.56. The summed E-state index contributed by atoms with van der Waals surface area (Å²) in [5.41, 5.74) is -0.356. The number of hydrogen-bond donors (Lipinski definition) is 2. The summed E-state index contributed by atoms with van der Waals surface area (Å²) < 4.78 is 0. The predicted molar refractivity (Wildman–Crippen MR) is 71.1 cm³/mol.